The van der Waals surface area contributed by atoms with Crippen molar-refractivity contribution in [2.24, 2.45) is 52.3 Å². The normalized spacial score (nSPS) is 49.4. The van der Waals surface area contributed by atoms with E-state index in [-0.39, 0.29) is 6.10 Å². The summed E-state index contributed by atoms with van der Waals surface area (Å²) < 4.78 is 0. The number of aliphatic hydroxyl groups is 1. The van der Waals surface area contributed by atoms with Gasteiger partial charge >= 0.3 is 0 Å². The minimum absolute atomic E-state index is 0.00830. The van der Waals surface area contributed by atoms with E-state index in [1.807, 2.05) is 0 Å². The Hall–Kier alpha value is -0.0400. The van der Waals surface area contributed by atoms with Gasteiger partial charge in [-0.2, -0.15) is 0 Å². The molecule has 0 aromatic heterocycles. The summed E-state index contributed by atoms with van der Waals surface area (Å²) in [6.45, 7) is 12.7. The third-order valence-electron chi connectivity index (χ3n) is 10.8. The zero-order valence-electron chi connectivity index (χ0n) is 19.6. The van der Waals surface area contributed by atoms with Crippen molar-refractivity contribution in [3.8, 4) is 0 Å². The molecule has 0 spiro atoms. The van der Waals surface area contributed by atoms with Gasteiger partial charge in [-0.05, 0) is 110 Å². The van der Waals surface area contributed by atoms with E-state index >= 15 is 0 Å². The molecule has 0 amide bonds. The van der Waals surface area contributed by atoms with Crippen LogP contribution in [0.3, 0.4) is 0 Å². The lowest BCUT2D eigenvalue weighted by Gasteiger charge is -2.61. The van der Waals surface area contributed by atoms with E-state index in [0.29, 0.717) is 10.8 Å². The van der Waals surface area contributed by atoms with Gasteiger partial charge in [0, 0.05) is 0 Å². The van der Waals surface area contributed by atoms with Gasteiger partial charge in [0.15, 0.2) is 0 Å². The van der Waals surface area contributed by atoms with Crippen LogP contribution in [-0.2, 0) is 0 Å². The third-order valence-corrected chi connectivity index (χ3v) is 10.8. The summed E-state index contributed by atoms with van der Waals surface area (Å²) in [6.07, 6.45) is 16.6. The molecule has 1 N–H and O–H groups in total. The Bertz CT molecular complexity index is 540. The van der Waals surface area contributed by atoms with E-state index in [1.54, 1.807) is 0 Å². The van der Waals surface area contributed by atoms with Crippen molar-refractivity contribution in [1.29, 1.82) is 0 Å². The zero-order valence-corrected chi connectivity index (χ0v) is 19.6. The van der Waals surface area contributed by atoms with Gasteiger partial charge in [-0.15, -0.1) is 0 Å². The Morgan fingerprint density at radius 2 is 1.54 bits per heavy atom. The van der Waals surface area contributed by atoms with Gasteiger partial charge in [-0.3, -0.25) is 0 Å². The van der Waals surface area contributed by atoms with Crippen LogP contribution >= 0.6 is 0 Å². The van der Waals surface area contributed by atoms with Crippen molar-refractivity contribution in [1.82, 2.24) is 0 Å². The van der Waals surface area contributed by atoms with Crippen molar-refractivity contribution in [3.63, 3.8) is 0 Å². The number of hydrogen-bond donors (Lipinski definition) is 1. The van der Waals surface area contributed by atoms with Gasteiger partial charge < -0.3 is 5.11 Å². The summed E-state index contributed by atoms with van der Waals surface area (Å²) in [7, 11) is 0. The van der Waals surface area contributed by atoms with Gasteiger partial charge in [0.2, 0.25) is 0 Å². The molecule has 28 heavy (non-hydrogen) atoms. The van der Waals surface area contributed by atoms with Crippen LogP contribution in [-0.4, -0.2) is 11.2 Å². The summed E-state index contributed by atoms with van der Waals surface area (Å²) in [5.41, 5.74) is 1.15. The van der Waals surface area contributed by atoms with E-state index in [9.17, 15) is 5.11 Å². The molecule has 0 aromatic carbocycles. The minimum atomic E-state index is -0.00830. The lowest BCUT2D eigenvalue weighted by molar-refractivity contribution is -0.129. The van der Waals surface area contributed by atoms with Crippen LogP contribution in [0.4, 0.5) is 0 Å². The van der Waals surface area contributed by atoms with Crippen LogP contribution in [0.5, 0.6) is 0 Å². The molecule has 4 saturated carbocycles. The van der Waals surface area contributed by atoms with Gasteiger partial charge in [0.25, 0.3) is 0 Å². The summed E-state index contributed by atoms with van der Waals surface area (Å²) >= 11 is 0. The SMILES string of the molecule is CC(C)CCC[C@H](C)[C@@H]1CC[C@H]2[C@@H]3CC[C@@H]4CC(O)CC[C@]4(C)[C@H]3CC[C@@]21C. The molecule has 0 aliphatic heterocycles. The molecule has 0 aromatic rings. The number of rotatable bonds is 5. The molecule has 1 unspecified atom stereocenters. The van der Waals surface area contributed by atoms with Gasteiger partial charge in [-0.25, -0.2) is 0 Å². The highest BCUT2D eigenvalue weighted by Crippen LogP contribution is 2.68. The van der Waals surface area contributed by atoms with E-state index in [4.69, 9.17) is 0 Å². The van der Waals surface area contributed by atoms with Crippen molar-refractivity contribution in [2.75, 3.05) is 0 Å². The Morgan fingerprint density at radius 1 is 0.821 bits per heavy atom. The maximum absolute atomic E-state index is 10.3. The lowest BCUT2D eigenvalue weighted by Crippen LogP contribution is -2.54. The second-order valence-electron chi connectivity index (χ2n) is 12.6. The highest BCUT2D eigenvalue weighted by molar-refractivity contribution is 5.09. The fourth-order valence-electron chi connectivity index (χ4n) is 9.26. The molecule has 0 heterocycles. The molecule has 1 heteroatoms. The van der Waals surface area contributed by atoms with E-state index in [2.05, 4.69) is 34.6 Å². The van der Waals surface area contributed by atoms with Crippen molar-refractivity contribution in [3.05, 3.63) is 0 Å². The molecule has 4 rings (SSSR count). The molecule has 0 bridgehead atoms. The van der Waals surface area contributed by atoms with Crippen LogP contribution in [0.2, 0.25) is 0 Å². The van der Waals surface area contributed by atoms with Crippen LogP contribution in [0.15, 0.2) is 0 Å². The predicted octanol–water partition coefficient (Wildman–Crippen LogP) is 7.47. The Labute approximate surface area is 175 Å². The zero-order chi connectivity index (χ0) is 20.1. The molecular formula is C27H48O. The average Bonchev–Trinajstić information content (AvgIpc) is 2.99. The first-order valence-electron chi connectivity index (χ1n) is 12.9. The minimum Gasteiger partial charge on any atom is -0.393 e. The fraction of sp³-hybridized carbons (Fsp3) is 1.00. The molecule has 4 fully saturated rings. The van der Waals surface area contributed by atoms with Crippen LogP contribution in [0, 0.1) is 52.3 Å². The quantitative estimate of drug-likeness (QED) is 0.518. The first kappa shape index (κ1) is 21.2. The van der Waals surface area contributed by atoms with Gasteiger partial charge in [0.05, 0.1) is 6.10 Å². The Kier molecular flexibility index (Phi) is 5.98. The third kappa shape index (κ3) is 3.50. The fourth-order valence-corrected chi connectivity index (χ4v) is 9.26. The standard InChI is InChI=1S/C27H48O/c1-18(2)7-6-8-19(3)23-11-12-24-22-10-9-20-17-21(28)13-15-26(20,4)25(22)14-16-27(23,24)5/h18-25,28H,6-17H2,1-5H3/t19-,20+,21?,22-,23-,24-,25-,26-,27+/m0/s1. The predicted molar refractivity (Wildman–Crippen MR) is 119 cm³/mol. The molecule has 9 atom stereocenters. The second-order valence-corrected chi connectivity index (χ2v) is 12.6. The molecular weight excluding hydrogens is 340 g/mol. The molecule has 162 valence electrons. The van der Waals surface area contributed by atoms with E-state index in [0.717, 1.165) is 54.3 Å². The Balaban J connectivity index is 1.46. The van der Waals surface area contributed by atoms with E-state index in [1.165, 1.54) is 64.2 Å². The molecule has 0 radical (unpaired) electrons. The Morgan fingerprint density at radius 3 is 2.29 bits per heavy atom. The highest BCUT2D eigenvalue weighted by Gasteiger charge is 2.60. The van der Waals surface area contributed by atoms with Gasteiger partial charge in [0.1, 0.15) is 0 Å². The van der Waals surface area contributed by atoms with E-state index < -0.39 is 0 Å². The summed E-state index contributed by atoms with van der Waals surface area (Å²) in [5, 5.41) is 10.3. The number of hydrogen-bond acceptors (Lipinski definition) is 1. The van der Waals surface area contributed by atoms with Crippen LogP contribution in [0.25, 0.3) is 0 Å². The van der Waals surface area contributed by atoms with Gasteiger partial charge in [-0.1, -0.05) is 53.9 Å². The maximum atomic E-state index is 10.3. The molecule has 0 saturated heterocycles. The average molecular weight is 389 g/mol. The summed E-state index contributed by atoms with van der Waals surface area (Å²) in [5.74, 6) is 6.49. The first-order valence-corrected chi connectivity index (χ1v) is 12.9. The van der Waals surface area contributed by atoms with Crippen molar-refractivity contribution in [2.45, 2.75) is 118 Å². The molecule has 1 nitrogen and oxygen atoms in total. The van der Waals surface area contributed by atoms with Crippen LogP contribution in [0.1, 0.15) is 112 Å². The number of aliphatic hydroxyl groups excluding tert-OH is 1. The second kappa shape index (κ2) is 7.90. The highest BCUT2D eigenvalue weighted by atomic mass is 16.3. The summed E-state index contributed by atoms with van der Waals surface area (Å²) in [6, 6.07) is 0. The largest absolute Gasteiger partial charge is 0.393 e. The van der Waals surface area contributed by atoms with Crippen molar-refractivity contribution >= 4 is 0 Å². The first-order chi connectivity index (χ1) is 13.3. The van der Waals surface area contributed by atoms with Crippen LogP contribution < -0.4 is 0 Å². The lowest BCUT2D eigenvalue weighted by atomic mass is 9.44. The molecule has 4 aliphatic rings. The van der Waals surface area contributed by atoms with Crippen molar-refractivity contribution < 1.29 is 5.11 Å². The molecule has 4 aliphatic carbocycles. The monoisotopic (exact) mass is 388 g/mol. The summed E-state index contributed by atoms with van der Waals surface area (Å²) in [4.78, 5) is 0. The maximum Gasteiger partial charge on any atom is 0.0543 e. The number of fused-ring (bicyclic) bond motifs is 5. The smallest absolute Gasteiger partial charge is 0.0543 e. The topological polar surface area (TPSA) is 20.2 Å².